The number of hydrogen-bond acceptors (Lipinski definition) is 5. The standard InChI is InChI=1S/2C8H7N.C8H8O2.C8H10.C7H7Cl.C7H8O.C7H8.C6H5Br.8C2H6/c2*9-7-6-8-4-2-1-3-5-8;1-10-8(9)7-5-3-2-4-6-7;1-2-8-6-4-3-5-7-8;2*8-6-7-4-2-1-3-5-7;1-7-5-3-2-4-6-7;7-6-4-2-1-3-5-6;8*1-2/h2*1-5H,6H2;2-6H,1H3;3-7H,2H2,1H3;1-5H,6H2;1-5,8H,6H2;2-6H,1H3;1-5H;8*1-2H3. The zero-order chi connectivity index (χ0) is 64.1. The van der Waals surface area contributed by atoms with Crippen LogP contribution in [0.5, 0.6) is 0 Å². The van der Waals surface area contributed by atoms with E-state index >= 15 is 0 Å². The molecule has 0 saturated heterocycles. The van der Waals surface area contributed by atoms with Crippen LogP contribution in [0.1, 0.15) is 161 Å². The molecule has 82 heavy (non-hydrogen) atoms. The van der Waals surface area contributed by atoms with E-state index in [-0.39, 0.29) is 12.6 Å². The average Bonchev–Trinajstić information content (AvgIpc) is 3.59. The molecule has 0 bridgehead atoms. The van der Waals surface area contributed by atoms with Crippen LogP contribution < -0.4 is 0 Å². The van der Waals surface area contributed by atoms with Gasteiger partial charge in [0.15, 0.2) is 0 Å². The monoisotopic (exact) mass is 1200 g/mol. The molecule has 8 rings (SSSR count). The number of methoxy groups -OCH3 is 1. The lowest BCUT2D eigenvalue weighted by Gasteiger charge is -1.95. The maximum Gasteiger partial charge on any atom is 0.337 e. The Morgan fingerprint density at radius 3 is 0.829 bits per heavy atom. The van der Waals surface area contributed by atoms with Crippen molar-refractivity contribution in [3.8, 4) is 12.1 Å². The molecule has 450 valence electrons. The SMILES string of the molecule is Brc1ccccc1.CC.CC.CC.CC.CC.CC.CC.CC.CCc1ccccc1.COC(=O)c1ccccc1.Cc1ccccc1.ClCc1ccccc1.N#CCc1ccccc1.N#CCc1ccccc1.OCc1ccccc1. The molecule has 0 radical (unpaired) electrons. The Hall–Kier alpha value is -7.06. The van der Waals surface area contributed by atoms with E-state index in [9.17, 15) is 4.79 Å². The van der Waals surface area contributed by atoms with Crippen LogP contribution in [0.4, 0.5) is 0 Å². The molecule has 0 unspecified atom stereocenters. The van der Waals surface area contributed by atoms with Crippen molar-refractivity contribution in [2.45, 2.75) is 156 Å². The van der Waals surface area contributed by atoms with Gasteiger partial charge in [0, 0.05) is 10.4 Å². The van der Waals surface area contributed by atoms with E-state index in [0.717, 1.165) is 27.6 Å². The zero-order valence-electron chi connectivity index (χ0n) is 54.0. The number of halogens is 2. The molecular weight excluding hydrogens is 1090 g/mol. The number of esters is 1. The molecule has 7 heteroatoms. The van der Waals surface area contributed by atoms with Crippen molar-refractivity contribution in [1.82, 2.24) is 0 Å². The third kappa shape index (κ3) is 67.2. The van der Waals surface area contributed by atoms with Gasteiger partial charge in [-0.25, -0.2) is 4.79 Å². The number of carbonyl (C=O) groups excluding carboxylic acids is 1. The van der Waals surface area contributed by atoms with Gasteiger partial charge < -0.3 is 9.84 Å². The molecule has 0 aliphatic carbocycles. The molecule has 0 aliphatic rings. The topological polar surface area (TPSA) is 94.1 Å². The maximum atomic E-state index is 10.8. The molecule has 0 atom stereocenters. The number of nitrogens with zero attached hydrogens (tertiary/aromatic N) is 2. The highest BCUT2D eigenvalue weighted by atomic mass is 79.9. The first-order chi connectivity index (χ1) is 40.3. The highest BCUT2D eigenvalue weighted by Gasteiger charge is 2.00. The normalized spacial score (nSPS) is 7.66. The van der Waals surface area contributed by atoms with Crippen LogP contribution in [-0.2, 0) is 36.5 Å². The summed E-state index contributed by atoms with van der Waals surface area (Å²) in [6, 6.07) is 82.7. The Balaban J connectivity index is -0.000000123. The van der Waals surface area contributed by atoms with Crippen molar-refractivity contribution in [1.29, 1.82) is 10.5 Å². The third-order valence-corrected chi connectivity index (χ3v) is 9.23. The van der Waals surface area contributed by atoms with Crippen molar-refractivity contribution in [3.63, 3.8) is 0 Å². The Bertz CT molecular complexity index is 2200. The molecule has 0 fully saturated rings. The fraction of sp³-hybridized carbons (Fsp3) is 0.320. The van der Waals surface area contributed by atoms with E-state index in [1.807, 2.05) is 293 Å². The van der Waals surface area contributed by atoms with Crippen LogP contribution in [0, 0.1) is 29.6 Å². The fourth-order valence-corrected chi connectivity index (χ4v) is 5.36. The number of carbonyl (C=O) groups is 1. The number of rotatable bonds is 6. The fourth-order valence-electron chi connectivity index (χ4n) is 4.88. The molecule has 0 saturated carbocycles. The van der Waals surface area contributed by atoms with Crippen LogP contribution in [0.15, 0.2) is 247 Å². The predicted octanol–water partition coefficient (Wildman–Crippen LogP) is 23.5. The molecule has 0 aliphatic heterocycles. The smallest absolute Gasteiger partial charge is 0.337 e. The van der Waals surface area contributed by atoms with Crippen molar-refractivity contribution >= 4 is 33.5 Å². The summed E-state index contributed by atoms with van der Waals surface area (Å²) in [6.07, 6.45) is 2.17. The average molecular weight is 1200 g/mol. The Morgan fingerprint density at radius 2 is 0.659 bits per heavy atom. The van der Waals surface area contributed by atoms with E-state index in [0.29, 0.717) is 24.3 Å². The number of aliphatic hydroxyl groups excluding tert-OH is 1. The van der Waals surface area contributed by atoms with Gasteiger partial charge in [-0.1, -0.05) is 358 Å². The molecule has 0 aromatic heterocycles. The molecule has 0 amide bonds. The lowest BCUT2D eigenvalue weighted by Crippen LogP contribution is -1.99. The summed E-state index contributed by atoms with van der Waals surface area (Å²) >= 11 is 8.84. The predicted molar refractivity (Wildman–Crippen MR) is 370 cm³/mol. The second kappa shape index (κ2) is 85.2. The van der Waals surface area contributed by atoms with Gasteiger partial charge >= 0.3 is 5.97 Å². The Morgan fingerprint density at radius 1 is 0.415 bits per heavy atom. The van der Waals surface area contributed by atoms with Gasteiger partial charge in [-0.2, -0.15) is 10.5 Å². The van der Waals surface area contributed by atoms with Crippen LogP contribution in [0.25, 0.3) is 0 Å². The van der Waals surface area contributed by atoms with Crippen LogP contribution in [0.2, 0.25) is 0 Å². The van der Waals surface area contributed by atoms with Gasteiger partial charge in [-0.3, -0.25) is 0 Å². The van der Waals surface area contributed by atoms with E-state index in [1.165, 1.54) is 23.8 Å². The second-order valence-corrected chi connectivity index (χ2v) is 14.7. The summed E-state index contributed by atoms with van der Waals surface area (Å²) in [5.41, 5.74) is 7.63. The lowest BCUT2D eigenvalue weighted by molar-refractivity contribution is 0.0600. The van der Waals surface area contributed by atoms with Crippen molar-refractivity contribution < 1.29 is 14.6 Å². The largest absolute Gasteiger partial charge is 0.465 e. The van der Waals surface area contributed by atoms with E-state index in [2.05, 4.69) is 83.1 Å². The van der Waals surface area contributed by atoms with Crippen molar-refractivity contribution in [3.05, 3.63) is 286 Å². The Kier molecular flexibility index (Phi) is 95.0. The molecule has 5 nitrogen and oxygen atoms in total. The number of ether oxygens (including phenoxy) is 1. The van der Waals surface area contributed by atoms with Gasteiger partial charge in [-0.05, 0) is 65.4 Å². The third-order valence-electron chi connectivity index (χ3n) is 8.39. The van der Waals surface area contributed by atoms with Gasteiger partial charge in [0.1, 0.15) is 0 Å². The van der Waals surface area contributed by atoms with E-state index in [4.69, 9.17) is 27.2 Å². The number of benzene rings is 8. The highest BCUT2D eigenvalue weighted by Crippen LogP contribution is 2.06. The minimum atomic E-state index is -0.291. The maximum absolute atomic E-state index is 10.8. The van der Waals surface area contributed by atoms with E-state index in [1.54, 1.807) is 24.3 Å². The molecule has 0 heterocycles. The number of alkyl halides is 1. The van der Waals surface area contributed by atoms with Crippen molar-refractivity contribution in [2.24, 2.45) is 0 Å². The van der Waals surface area contributed by atoms with Crippen LogP contribution >= 0.6 is 27.5 Å². The number of hydrogen-bond donors (Lipinski definition) is 1. The molecule has 1 N–H and O–H groups in total. The van der Waals surface area contributed by atoms with E-state index < -0.39 is 0 Å². The van der Waals surface area contributed by atoms with Crippen molar-refractivity contribution in [2.75, 3.05) is 7.11 Å². The summed E-state index contributed by atoms with van der Waals surface area (Å²) < 4.78 is 5.63. The highest BCUT2D eigenvalue weighted by molar-refractivity contribution is 9.10. The molecule has 8 aromatic rings. The summed E-state index contributed by atoms with van der Waals surface area (Å²) in [7, 11) is 1.37. The quantitative estimate of drug-likeness (QED) is 0.132. The first kappa shape index (κ1) is 91.4. The summed E-state index contributed by atoms with van der Waals surface area (Å²) in [5.74, 6) is 0.321. The lowest BCUT2D eigenvalue weighted by atomic mass is 10.2. The zero-order valence-corrected chi connectivity index (χ0v) is 56.4. The molecule has 0 spiro atoms. The number of aliphatic hydroxyl groups is 1. The summed E-state index contributed by atoms with van der Waals surface area (Å²) in [4.78, 5) is 10.8. The van der Waals surface area contributed by atoms with Gasteiger partial charge in [0.25, 0.3) is 0 Å². The first-order valence-corrected chi connectivity index (χ1v) is 30.6. The second-order valence-electron chi connectivity index (χ2n) is 13.6. The summed E-state index contributed by atoms with van der Waals surface area (Å²) in [5, 5.41) is 25.1. The molecular formula is C75H108BrClN2O3. The number of aryl methyl sites for hydroxylation is 2. The van der Waals surface area contributed by atoms with Gasteiger partial charge in [-0.15, -0.1) is 11.6 Å². The minimum absolute atomic E-state index is 0.140. The molecule has 8 aromatic carbocycles. The van der Waals surface area contributed by atoms with Gasteiger partial charge in [0.05, 0.1) is 44.3 Å². The van der Waals surface area contributed by atoms with Crippen LogP contribution in [0.3, 0.4) is 0 Å². The minimum Gasteiger partial charge on any atom is -0.465 e. The number of nitriles is 2. The summed E-state index contributed by atoms with van der Waals surface area (Å²) in [6.45, 7) is 36.4. The first-order valence-electron chi connectivity index (χ1n) is 29.3. The van der Waals surface area contributed by atoms with Gasteiger partial charge in [0.2, 0.25) is 0 Å². The Labute approximate surface area is 517 Å². The van der Waals surface area contributed by atoms with Crippen LogP contribution in [-0.4, -0.2) is 18.2 Å².